The number of nitrogens with two attached hydrogens (primary N) is 1. The molecule has 2 aromatic carbocycles. The Balaban J connectivity index is 2.15. The number of carbonyl (C=O) groups is 2. The van der Waals surface area contributed by atoms with Crippen molar-refractivity contribution in [3.05, 3.63) is 70.8 Å². The predicted octanol–water partition coefficient (Wildman–Crippen LogP) is 2.10. The summed E-state index contributed by atoms with van der Waals surface area (Å²) in [5.74, 6) is -3.23. The highest BCUT2D eigenvalue weighted by Gasteiger charge is 2.20. The molecule has 6 heteroatoms. The van der Waals surface area contributed by atoms with Crippen LogP contribution in [0.25, 0.3) is 0 Å². The van der Waals surface area contributed by atoms with Crippen LogP contribution in [0.4, 0.5) is 8.78 Å². The first-order chi connectivity index (χ1) is 10.8. The van der Waals surface area contributed by atoms with E-state index in [1.165, 1.54) is 0 Å². The van der Waals surface area contributed by atoms with Crippen molar-refractivity contribution in [1.82, 2.24) is 5.32 Å². The molecular formula is C17H16F2N2O2. The Labute approximate surface area is 132 Å². The van der Waals surface area contributed by atoms with Crippen LogP contribution in [-0.4, -0.2) is 17.9 Å². The third-order valence-corrected chi connectivity index (χ3v) is 3.30. The van der Waals surface area contributed by atoms with Crippen molar-refractivity contribution in [2.75, 3.05) is 0 Å². The average Bonchev–Trinajstić information content (AvgIpc) is 2.45. The van der Waals surface area contributed by atoms with Gasteiger partial charge in [0, 0.05) is 18.1 Å². The molecule has 0 heterocycles. The summed E-state index contributed by atoms with van der Waals surface area (Å²) in [5.41, 5.74) is 6.92. The van der Waals surface area contributed by atoms with Crippen LogP contribution < -0.4 is 11.1 Å². The summed E-state index contributed by atoms with van der Waals surface area (Å²) >= 11 is 0. The quantitative estimate of drug-likeness (QED) is 0.886. The van der Waals surface area contributed by atoms with Gasteiger partial charge in [-0.25, -0.2) is 8.78 Å². The number of carbonyl (C=O) groups excluding carboxylic acids is 2. The molecule has 0 spiro atoms. The maximum atomic E-state index is 13.2. The van der Waals surface area contributed by atoms with E-state index in [1.807, 2.05) is 25.1 Å². The highest BCUT2D eigenvalue weighted by atomic mass is 19.1. The molecule has 3 N–H and O–H groups in total. The Morgan fingerprint density at radius 1 is 1.13 bits per heavy atom. The van der Waals surface area contributed by atoms with E-state index in [0.29, 0.717) is 6.07 Å². The first-order valence-electron chi connectivity index (χ1n) is 6.97. The molecule has 0 saturated heterocycles. The Bertz CT molecular complexity index is 727. The van der Waals surface area contributed by atoms with Crippen molar-refractivity contribution in [3.8, 4) is 0 Å². The molecule has 0 aromatic heterocycles. The van der Waals surface area contributed by atoms with Crippen LogP contribution in [0, 0.1) is 18.6 Å². The molecule has 120 valence electrons. The zero-order valence-corrected chi connectivity index (χ0v) is 12.5. The van der Waals surface area contributed by atoms with Crippen LogP contribution in [0.2, 0.25) is 0 Å². The topological polar surface area (TPSA) is 72.2 Å². The van der Waals surface area contributed by atoms with Gasteiger partial charge in [-0.3, -0.25) is 9.59 Å². The van der Waals surface area contributed by atoms with Crippen molar-refractivity contribution in [2.45, 2.75) is 19.4 Å². The molecule has 23 heavy (non-hydrogen) atoms. The van der Waals surface area contributed by atoms with E-state index in [9.17, 15) is 18.4 Å². The minimum atomic E-state index is -0.976. The van der Waals surface area contributed by atoms with Crippen molar-refractivity contribution in [3.63, 3.8) is 0 Å². The van der Waals surface area contributed by atoms with Gasteiger partial charge in [-0.05, 0) is 24.6 Å². The fraction of sp³-hybridized carbons (Fsp3) is 0.176. The minimum Gasteiger partial charge on any atom is -0.368 e. The van der Waals surface area contributed by atoms with E-state index in [1.54, 1.807) is 6.07 Å². The van der Waals surface area contributed by atoms with E-state index in [0.717, 1.165) is 23.3 Å². The molecule has 0 radical (unpaired) electrons. The van der Waals surface area contributed by atoms with Gasteiger partial charge in [0.25, 0.3) is 5.91 Å². The molecule has 1 atom stereocenters. The van der Waals surface area contributed by atoms with Crippen molar-refractivity contribution < 1.29 is 18.4 Å². The zero-order chi connectivity index (χ0) is 17.0. The number of benzene rings is 2. The maximum absolute atomic E-state index is 13.2. The Morgan fingerprint density at radius 3 is 2.35 bits per heavy atom. The SMILES string of the molecule is Cc1cccc(C[C@@H](NC(=O)c2cc(F)cc(F)c2)C(N)=O)c1. The van der Waals surface area contributed by atoms with Crippen LogP contribution >= 0.6 is 0 Å². The minimum absolute atomic E-state index is 0.195. The number of hydrogen-bond donors (Lipinski definition) is 2. The van der Waals surface area contributed by atoms with E-state index in [2.05, 4.69) is 5.32 Å². The Hall–Kier alpha value is -2.76. The molecule has 0 unspecified atom stereocenters. The highest BCUT2D eigenvalue weighted by molar-refractivity contribution is 5.97. The molecular weight excluding hydrogens is 302 g/mol. The van der Waals surface area contributed by atoms with Gasteiger partial charge in [0.1, 0.15) is 17.7 Å². The van der Waals surface area contributed by atoms with Gasteiger partial charge >= 0.3 is 0 Å². The summed E-state index contributed by atoms with van der Waals surface area (Å²) in [4.78, 5) is 23.6. The summed E-state index contributed by atoms with van der Waals surface area (Å²) in [7, 11) is 0. The molecule has 0 bridgehead atoms. The smallest absolute Gasteiger partial charge is 0.252 e. The van der Waals surface area contributed by atoms with E-state index in [-0.39, 0.29) is 12.0 Å². The van der Waals surface area contributed by atoms with Crippen LogP contribution in [0.5, 0.6) is 0 Å². The summed E-state index contributed by atoms with van der Waals surface area (Å²) in [6, 6.07) is 8.86. The van der Waals surface area contributed by atoms with Crippen molar-refractivity contribution in [1.29, 1.82) is 0 Å². The zero-order valence-electron chi connectivity index (χ0n) is 12.5. The Morgan fingerprint density at radius 2 is 1.78 bits per heavy atom. The van der Waals surface area contributed by atoms with Crippen LogP contribution in [0.1, 0.15) is 21.5 Å². The third kappa shape index (κ3) is 4.60. The number of amides is 2. The molecule has 0 saturated carbocycles. The fourth-order valence-corrected chi connectivity index (χ4v) is 2.22. The van der Waals surface area contributed by atoms with Gasteiger partial charge in [-0.1, -0.05) is 29.8 Å². The molecule has 2 amide bonds. The van der Waals surface area contributed by atoms with E-state index < -0.39 is 29.5 Å². The maximum Gasteiger partial charge on any atom is 0.252 e. The fourth-order valence-electron chi connectivity index (χ4n) is 2.22. The van der Waals surface area contributed by atoms with Gasteiger partial charge in [-0.2, -0.15) is 0 Å². The molecule has 0 fully saturated rings. The lowest BCUT2D eigenvalue weighted by molar-refractivity contribution is -0.119. The third-order valence-electron chi connectivity index (χ3n) is 3.30. The van der Waals surface area contributed by atoms with E-state index in [4.69, 9.17) is 5.73 Å². The van der Waals surface area contributed by atoms with Gasteiger partial charge < -0.3 is 11.1 Å². The van der Waals surface area contributed by atoms with Crippen LogP contribution in [0.15, 0.2) is 42.5 Å². The predicted molar refractivity (Wildman–Crippen MR) is 81.7 cm³/mol. The highest BCUT2D eigenvalue weighted by Crippen LogP contribution is 2.10. The molecule has 4 nitrogen and oxygen atoms in total. The normalized spacial score (nSPS) is 11.8. The molecule has 0 aliphatic heterocycles. The first kappa shape index (κ1) is 16.6. The number of nitrogens with one attached hydrogen (secondary N) is 1. The largest absolute Gasteiger partial charge is 0.368 e. The van der Waals surface area contributed by atoms with Crippen molar-refractivity contribution in [2.24, 2.45) is 5.73 Å². The second-order valence-electron chi connectivity index (χ2n) is 5.28. The van der Waals surface area contributed by atoms with Crippen LogP contribution in [0.3, 0.4) is 0 Å². The molecule has 0 aliphatic rings. The monoisotopic (exact) mass is 318 g/mol. The summed E-state index contributed by atoms with van der Waals surface area (Å²) in [6.07, 6.45) is 0.195. The lowest BCUT2D eigenvalue weighted by Gasteiger charge is -2.16. The van der Waals surface area contributed by atoms with Gasteiger partial charge in [0.05, 0.1) is 0 Å². The van der Waals surface area contributed by atoms with Crippen molar-refractivity contribution >= 4 is 11.8 Å². The number of aryl methyl sites for hydroxylation is 1. The molecule has 0 aliphatic carbocycles. The Kier molecular flexibility index (Phi) is 5.05. The summed E-state index contributed by atoms with van der Waals surface area (Å²) in [5, 5.41) is 2.41. The number of primary amides is 1. The number of hydrogen-bond acceptors (Lipinski definition) is 2. The molecule has 2 aromatic rings. The van der Waals surface area contributed by atoms with Gasteiger partial charge in [-0.15, -0.1) is 0 Å². The lowest BCUT2D eigenvalue weighted by Crippen LogP contribution is -2.45. The second kappa shape index (κ2) is 7.00. The average molecular weight is 318 g/mol. The standard InChI is InChI=1S/C17H16F2N2O2/c1-10-3-2-4-11(5-10)6-15(16(20)22)21-17(23)12-7-13(18)9-14(19)8-12/h2-5,7-9,15H,6H2,1H3,(H2,20,22)(H,21,23)/t15-/m1/s1. The lowest BCUT2D eigenvalue weighted by atomic mass is 10.0. The summed E-state index contributed by atoms with van der Waals surface area (Å²) < 4.78 is 26.3. The van der Waals surface area contributed by atoms with Crippen LogP contribution in [-0.2, 0) is 11.2 Å². The summed E-state index contributed by atoms with van der Waals surface area (Å²) in [6.45, 7) is 1.90. The first-order valence-corrected chi connectivity index (χ1v) is 6.97. The number of halogens is 2. The molecule has 2 rings (SSSR count). The number of rotatable bonds is 5. The van der Waals surface area contributed by atoms with E-state index >= 15 is 0 Å². The second-order valence-corrected chi connectivity index (χ2v) is 5.28. The van der Waals surface area contributed by atoms with Gasteiger partial charge in [0.2, 0.25) is 5.91 Å². The van der Waals surface area contributed by atoms with Gasteiger partial charge in [0.15, 0.2) is 0 Å².